The Morgan fingerprint density at radius 1 is 1.60 bits per heavy atom. The second-order valence-corrected chi connectivity index (χ2v) is 3.59. The van der Waals surface area contributed by atoms with Gasteiger partial charge in [-0.05, 0) is 13.8 Å². The lowest BCUT2D eigenvalue weighted by atomic mass is 10.5. The molecule has 0 aliphatic carbocycles. The van der Waals surface area contributed by atoms with Gasteiger partial charge in [0.1, 0.15) is 6.33 Å². The molecule has 5 nitrogen and oxygen atoms in total. The third-order valence-electron chi connectivity index (χ3n) is 1.93. The first kappa shape index (κ1) is 11.7. The third-order valence-corrected chi connectivity index (χ3v) is 1.93. The van der Waals surface area contributed by atoms with Crippen LogP contribution in [0.2, 0.25) is 0 Å². The van der Waals surface area contributed by atoms with Gasteiger partial charge < -0.3 is 9.64 Å². The number of carbonyl (C=O) groups is 1. The Bertz CT molecular complexity index is 296. The summed E-state index contributed by atoms with van der Waals surface area (Å²) in [7, 11) is 1.74. The van der Waals surface area contributed by atoms with E-state index in [9.17, 15) is 4.79 Å². The van der Waals surface area contributed by atoms with Gasteiger partial charge in [-0.15, -0.1) is 0 Å². The van der Waals surface area contributed by atoms with Gasteiger partial charge in [-0.1, -0.05) is 0 Å². The number of amides is 1. The summed E-state index contributed by atoms with van der Waals surface area (Å²) >= 11 is 0. The van der Waals surface area contributed by atoms with Crippen LogP contribution in [0, 0.1) is 0 Å². The fraction of sp³-hybridized carbons (Fsp3) is 0.600. The molecule has 0 saturated carbocycles. The second kappa shape index (κ2) is 5.50. The Labute approximate surface area is 89.7 Å². The highest BCUT2D eigenvalue weighted by Crippen LogP contribution is 1.94. The van der Waals surface area contributed by atoms with Crippen molar-refractivity contribution >= 4 is 6.03 Å². The zero-order valence-electron chi connectivity index (χ0n) is 9.38. The van der Waals surface area contributed by atoms with Crippen molar-refractivity contribution in [3.8, 4) is 0 Å². The molecule has 1 rings (SSSR count). The molecular weight excluding hydrogens is 194 g/mol. The van der Waals surface area contributed by atoms with Crippen LogP contribution in [0.15, 0.2) is 18.7 Å². The van der Waals surface area contributed by atoms with E-state index >= 15 is 0 Å². The van der Waals surface area contributed by atoms with Crippen molar-refractivity contribution in [2.75, 3.05) is 20.2 Å². The first-order valence-electron chi connectivity index (χ1n) is 4.96. The van der Waals surface area contributed by atoms with Crippen LogP contribution in [-0.2, 0) is 4.74 Å². The summed E-state index contributed by atoms with van der Waals surface area (Å²) in [6, 6.07) is -0.0974. The van der Waals surface area contributed by atoms with Gasteiger partial charge in [0.2, 0.25) is 0 Å². The minimum atomic E-state index is -0.0974. The number of aromatic nitrogens is 2. The van der Waals surface area contributed by atoms with Crippen molar-refractivity contribution in [2.24, 2.45) is 0 Å². The van der Waals surface area contributed by atoms with E-state index in [0.717, 1.165) is 0 Å². The highest BCUT2D eigenvalue weighted by Gasteiger charge is 2.09. The number of nitrogens with zero attached hydrogens (tertiary/aromatic N) is 3. The van der Waals surface area contributed by atoms with Crippen molar-refractivity contribution in [1.29, 1.82) is 0 Å². The number of rotatable bonds is 4. The molecule has 0 radical (unpaired) electrons. The van der Waals surface area contributed by atoms with Gasteiger partial charge in [-0.3, -0.25) is 4.57 Å². The number of carbonyl (C=O) groups excluding carboxylic acids is 1. The molecule has 0 aliphatic rings. The van der Waals surface area contributed by atoms with E-state index in [2.05, 4.69) is 4.98 Å². The Morgan fingerprint density at radius 3 is 2.87 bits per heavy atom. The lowest BCUT2D eigenvalue weighted by Gasteiger charge is -2.17. The minimum absolute atomic E-state index is 0.0974. The van der Waals surface area contributed by atoms with Crippen molar-refractivity contribution in [3.05, 3.63) is 18.7 Å². The van der Waals surface area contributed by atoms with E-state index in [1.54, 1.807) is 24.3 Å². The average Bonchev–Trinajstić information content (AvgIpc) is 2.68. The van der Waals surface area contributed by atoms with Crippen LogP contribution in [-0.4, -0.2) is 46.8 Å². The summed E-state index contributed by atoms with van der Waals surface area (Å²) in [4.78, 5) is 17.1. The standard InChI is InChI=1S/C10H17N3O2/c1-9(2)15-7-6-12(3)10(14)13-5-4-11-8-13/h4-5,8-9H,6-7H2,1-3H3. The molecule has 0 spiro atoms. The molecule has 0 fully saturated rings. The number of ether oxygens (including phenoxy) is 1. The van der Waals surface area contributed by atoms with Crippen molar-refractivity contribution in [1.82, 2.24) is 14.5 Å². The van der Waals surface area contributed by atoms with Crippen LogP contribution >= 0.6 is 0 Å². The van der Waals surface area contributed by atoms with E-state index in [0.29, 0.717) is 13.2 Å². The first-order valence-corrected chi connectivity index (χ1v) is 4.96. The van der Waals surface area contributed by atoms with Crippen LogP contribution in [0.25, 0.3) is 0 Å². The third kappa shape index (κ3) is 3.71. The Kier molecular flexibility index (Phi) is 4.30. The van der Waals surface area contributed by atoms with Gasteiger partial charge in [-0.2, -0.15) is 0 Å². The van der Waals surface area contributed by atoms with Crippen molar-refractivity contribution in [2.45, 2.75) is 20.0 Å². The predicted octanol–water partition coefficient (Wildman–Crippen LogP) is 1.21. The van der Waals surface area contributed by atoms with Crippen LogP contribution in [0.3, 0.4) is 0 Å². The quantitative estimate of drug-likeness (QED) is 0.752. The molecule has 1 amide bonds. The van der Waals surface area contributed by atoms with Gasteiger partial charge in [0.25, 0.3) is 0 Å². The molecule has 1 heterocycles. The molecule has 0 atom stereocenters. The summed E-state index contributed by atoms with van der Waals surface area (Å²) in [5, 5.41) is 0. The van der Waals surface area contributed by atoms with Gasteiger partial charge in [0.15, 0.2) is 0 Å². The number of likely N-dealkylation sites (N-methyl/N-ethyl adjacent to an activating group) is 1. The number of imidazole rings is 1. The Morgan fingerprint density at radius 2 is 2.33 bits per heavy atom. The maximum atomic E-state index is 11.7. The second-order valence-electron chi connectivity index (χ2n) is 3.59. The number of hydrogen-bond donors (Lipinski definition) is 0. The molecule has 0 N–H and O–H groups in total. The highest BCUT2D eigenvalue weighted by atomic mass is 16.5. The summed E-state index contributed by atoms with van der Waals surface area (Å²) in [5.74, 6) is 0. The highest BCUT2D eigenvalue weighted by molar-refractivity contribution is 5.76. The Hall–Kier alpha value is -1.36. The summed E-state index contributed by atoms with van der Waals surface area (Å²) in [6.07, 6.45) is 4.89. The lowest BCUT2D eigenvalue weighted by Crippen LogP contribution is -2.33. The lowest BCUT2D eigenvalue weighted by molar-refractivity contribution is 0.0682. The SMILES string of the molecule is CC(C)OCCN(C)C(=O)n1ccnc1. The summed E-state index contributed by atoms with van der Waals surface area (Å²) < 4.78 is 6.80. The Balaban J connectivity index is 2.34. The van der Waals surface area contributed by atoms with E-state index in [1.807, 2.05) is 13.8 Å². The smallest absolute Gasteiger partial charge is 0.329 e. The van der Waals surface area contributed by atoms with E-state index in [-0.39, 0.29) is 12.1 Å². The van der Waals surface area contributed by atoms with E-state index in [1.165, 1.54) is 10.9 Å². The molecule has 1 aromatic rings. The molecule has 84 valence electrons. The molecule has 0 unspecified atom stereocenters. The molecule has 5 heteroatoms. The summed E-state index contributed by atoms with van der Waals surface area (Å²) in [5.41, 5.74) is 0. The first-order chi connectivity index (χ1) is 7.11. The topological polar surface area (TPSA) is 47.4 Å². The molecule has 0 saturated heterocycles. The number of hydrogen-bond acceptors (Lipinski definition) is 3. The fourth-order valence-corrected chi connectivity index (χ4v) is 1.09. The van der Waals surface area contributed by atoms with Crippen molar-refractivity contribution in [3.63, 3.8) is 0 Å². The van der Waals surface area contributed by atoms with Gasteiger partial charge >= 0.3 is 6.03 Å². The largest absolute Gasteiger partial charge is 0.377 e. The predicted molar refractivity (Wildman–Crippen MR) is 56.7 cm³/mol. The van der Waals surface area contributed by atoms with E-state index < -0.39 is 0 Å². The maximum Gasteiger partial charge on any atom is 0.329 e. The van der Waals surface area contributed by atoms with Gasteiger partial charge in [-0.25, -0.2) is 9.78 Å². The molecule has 0 bridgehead atoms. The van der Waals surface area contributed by atoms with Crippen LogP contribution in [0.5, 0.6) is 0 Å². The maximum absolute atomic E-state index is 11.7. The fourth-order valence-electron chi connectivity index (χ4n) is 1.09. The van der Waals surface area contributed by atoms with Crippen LogP contribution < -0.4 is 0 Å². The van der Waals surface area contributed by atoms with Crippen LogP contribution in [0.4, 0.5) is 4.79 Å². The zero-order chi connectivity index (χ0) is 11.3. The average molecular weight is 211 g/mol. The van der Waals surface area contributed by atoms with Crippen molar-refractivity contribution < 1.29 is 9.53 Å². The molecule has 15 heavy (non-hydrogen) atoms. The summed E-state index contributed by atoms with van der Waals surface area (Å²) in [6.45, 7) is 5.07. The molecule has 0 aromatic carbocycles. The van der Waals surface area contributed by atoms with Gasteiger partial charge in [0, 0.05) is 26.0 Å². The zero-order valence-corrected chi connectivity index (χ0v) is 9.38. The van der Waals surface area contributed by atoms with Crippen LogP contribution in [0.1, 0.15) is 13.8 Å². The molecule has 0 aliphatic heterocycles. The normalized spacial score (nSPS) is 10.7. The molecular formula is C10H17N3O2. The molecule has 1 aromatic heterocycles. The monoisotopic (exact) mass is 211 g/mol. The van der Waals surface area contributed by atoms with E-state index in [4.69, 9.17) is 4.74 Å². The minimum Gasteiger partial charge on any atom is -0.377 e. The van der Waals surface area contributed by atoms with Gasteiger partial charge in [0.05, 0.1) is 12.7 Å².